The van der Waals surface area contributed by atoms with Crippen molar-refractivity contribution in [2.75, 3.05) is 0 Å². The normalized spacial score (nSPS) is 12.7. The van der Waals surface area contributed by atoms with Crippen molar-refractivity contribution in [3.8, 4) is 10.6 Å². The number of halogens is 1. The molecule has 2 aromatic rings. The fraction of sp³-hybridized carbons (Fsp3) is 0.182. The molecule has 0 saturated heterocycles. The molecule has 1 heterocycles. The second-order valence-corrected chi connectivity index (χ2v) is 5.25. The van der Waals surface area contributed by atoms with Crippen LogP contribution < -0.4 is 5.73 Å². The van der Waals surface area contributed by atoms with Crippen LogP contribution in [0.1, 0.15) is 17.8 Å². The third kappa shape index (κ3) is 2.27. The summed E-state index contributed by atoms with van der Waals surface area (Å²) in [6.07, 6.45) is 1.85. The number of hydrogen-bond donors (Lipinski definition) is 1. The Balaban J connectivity index is 2.42. The second kappa shape index (κ2) is 4.43. The highest BCUT2D eigenvalue weighted by Gasteiger charge is 2.09. The number of nitrogens with zero attached hydrogens (tertiary/aromatic N) is 1. The molecule has 0 radical (unpaired) electrons. The van der Waals surface area contributed by atoms with Crippen molar-refractivity contribution >= 4 is 27.3 Å². The van der Waals surface area contributed by atoms with Crippen LogP contribution in [0.3, 0.4) is 0 Å². The minimum atomic E-state index is 0.0544. The van der Waals surface area contributed by atoms with Crippen molar-refractivity contribution in [3.63, 3.8) is 0 Å². The van der Waals surface area contributed by atoms with Crippen LogP contribution >= 0.6 is 27.3 Å². The average Bonchev–Trinajstić information content (AvgIpc) is 2.67. The Morgan fingerprint density at radius 3 is 2.73 bits per heavy atom. The highest BCUT2D eigenvalue weighted by molar-refractivity contribution is 9.10. The first-order valence-electron chi connectivity index (χ1n) is 4.64. The predicted molar refractivity (Wildman–Crippen MR) is 67.9 cm³/mol. The quantitative estimate of drug-likeness (QED) is 0.914. The van der Waals surface area contributed by atoms with Gasteiger partial charge >= 0.3 is 0 Å². The van der Waals surface area contributed by atoms with Gasteiger partial charge < -0.3 is 5.73 Å². The topological polar surface area (TPSA) is 38.9 Å². The summed E-state index contributed by atoms with van der Waals surface area (Å²) in [4.78, 5) is 5.49. The molecule has 0 aliphatic rings. The lowest BCUT2D eigenvalue weighted by molar-refractivity contribution is 0.835. The Morgan fingerprint density at radius 1 is 1.40 bits per heavy atom. The molecule has 2 N–H and O–H groups in total. The Morgan fingerprint density at radius 2 is 2.13 bits per heavy atom. The number of hydrogen-bond acceptors (Lipinski definition) is 3. The second-order valence-electron chi connectivity index (χ2n) is 3.34. The molecule has 0 aliphatic carbocycles. The third-order valence-corrected chi connectivity index (χ3v) is 4.00. The van der Waals surface area contributed by atoms with Crippen molar-refractivity contribution in [3.05, 3.63) is 39.8 Å². The minimum Gasteiger partial charge on any atom is -0.323 e. The van der Waals surface area contributed by atoms with E-state index in [9.17, 15) is 0 Å². The lowest BCUT2D eigenvalue weighted by atomic mass is 10.2. The molecule has 1 aromatic carbocycles. The van der Waals surface area contributed by atoms with Crippen LogP contribution in [0.5, 0.6) is 0 Å². The lowest BCUT2D eigenvalue weighted by Gasteiger charge is -1.99. The molecule has 15 heavy (non-hydrogen) atoms. The fourth-order valence-electron chi connectivity index (χ4n) is 1.26. The highest BCUT2D eigenvalue weighted by Crippen LogP contribution is 2.32. The summed E-state index contributed by atoms with van der Waals surface area (Å²) in [5, 5.41) is 1.01. The number of benzene rings is 1. The molecule has 0 bridgehead atoms. The Kier molecular flexibility index (Phi) is 3.19. The molecule has 1 unspecified atom stereocenters. The van der Waals surface area contributed by atoms with Gasteiger partial charge in [-0.3, -0.25) is 0 Å². The number of rotatable bonds is 2. The van der Waals surface area contributed by atoms with Crippen LogP contribution in [-0.2, 0) is 0 Å². The van der Waals surface area contributed by atoms with Gasteiger partial charge in [0, 0.05) is 27.2 Å². The first kappa shape index (κ1) is 10.8. The van der Waals surface area contributed by atoms with Gasteiger partial charge in [-0.05, 0) is 13.0 Å². The van der Waals surface area contributed by atoms with Crippen LogP contribution in [0.4, 0.5) is 0 Å². The fourth-order valence-corrected chi connectivity index (χ4v) is 2.77. The molecule has 0 amide bonds. The van der Waals surface area contributed by atoms with Crippen LogP contribution in [0, 0.1) is 0 Å². The number of aromatic nitrogens is 1. The summed E-state index contributed by atoms with van der Waals surface area (Å²) < 4.78 is 1.07. The van der Waals surface area contributed by atoms with Crippen molar-refractivity contribution in [2.45, 2.75) is 13.0 Å². The van der Waals surface area contributed by atoms with Crippen molar-refractivity contribution in [1.29, 1.82) is 0 Å². The maximum absolute atomic E-state index is 5.80. The number of thiazole rings is 1. The van der Waals surface area contributed by atoms with Crippen LogP contribution in [0.25, 0.3) is 10.6 Å². The molecule has 2 nitrogen and oxygen atoms in total. The van der Waals surface area contributed by atoms with E-state index in [-0.39, 0.29) is 6.04 Å². The summed E-state index contributed by atoms with van der Waals surface area (Å²) in [7, 11) is 0. The molecule has 78 valence electrons. The van der Waals surface area contributed by atoms with Gasteiger partial charge in [0.05, 0.1) is 0 Å². The van der Waals surface area contributed by atoms with Gasteiger partial charge in [-0.15, -0.1) is 11.3 Å². The largest absolute Gasteiger partial charge is 0.323 e. The summed E-state index contributed by atoms with van der Waals surface area (Å²) >= 11 is 5.16. The van der Waals surface area contributed by atoms with Crippen LogP contribution in [0.2, 0.25) is 0 Å². The van der Waals surface area contributed by atoms with Gasteiger partial charge in [-0.25, -0.2) is 4.98 Å². The molecule has 4 heteroatoms. The third-order valence-electron chi connectivity index (χ3n) is 2.08. The zero-order chi connectivity index (χ0) is 10.8. The first-order valence-corrected chi connectivity index (χ1v) is 6.25. The summed E-state index contributed by atoms with van der Waals surface area (Å²) in [5.41, 5.74) is 6.92. The van der Waals surface area contributed by atoms with Crippen LogP contribution in [-0.4, -0.2) is 4.98 Å². The van der Waals surface area contributed by atoms with Crippen molar-refractivity contribution in [2.24, 2.45) is 5.73 Å². The summed E-state index contributed by atoms with van der Waals surface area (Å²) in [6, 6.07) is 8.12. The zero-order valence-corrected chi connectivity index (χ0v) is 10.7. The van der Waals surface area contributed by atoms with Gasteiger partial charge in [0.15, 0.2) is 0 Å². The Labute approximate surface area is 101 Å². The zero-order valence-electron chi connectivity index (χ0n) is 8.27. The first-order chi connectivity index (χ1) is 7.18. The molecule has 0 aliphatic heterocycles. The molecule has 0 spiro atoms. The summed E-state index contributed by atoms with van der Waals surface area (Å²) in [5.74, 6) is 0. The molecule has 1 aromatic heterocycles. The van der Waals surface area contributed by atoms with Gasteiger partial charge in [-0.1, -0.05) is 34.1 Å². The molecule has 1 atom stereocenters. The van der Waals surface area contributed by atoms with E-state index < -0.39 is 0 Å². The van der Waals surface area contributed by atoms with E-state index in [0.29, 0.717) is 0 Å². The minimum absolute atomic E-state index is 0.0544. The lowest BCUT2D eigenvalue weighted by Crippen LogP contribution is -2.01. The van der Waals surface area contributed by atoms with E-state index in [1.54, 1.807) is 11.3 Å². The standard InChI is InChI=1S/C11H11BrN2S/c1-7(13)10-6-14-11(15-10)8-4-2-3-5-9(8)12/h2-7H,13H2,1H3. The van der Waals surface area contributed by atoms with Crippen molar-refractivity contribution in [1.82, 2.24) is 4.98 Å². The molecular formula is C11H11BrN2S. The maximum atomic E-state index is 5.80. The average molecular weight is 283 g/mol. The predicted octanol–water partition coefficient (Wildman–Crippen LogP) is 3.59. The Bertz CT molecular complexity index is 465. The smallest absolute Gasteiger partial charge is 0.124 e. The van der Waals surface area contributed by atoms with Gasteiger partial charge in [0.1, 0.15) is 5.01 Å². The summed E-state index contributed by atoms with van der Waals surface area (Å²) in [6.45, 7) is 1.97. The van der Waals surface area contributed by atoms with Crippen molar-refractivity contribution < 1.29 is 0 Å². The van der Waals surface area contributed by atoms with Gasteiger partial charge in [0.2, 0.25) is 0 Å². The van der Waals surface area contributed by atoms with E-state index in [4.69, 9.17) is 5.73 Å². The van der Waals surface area contributed by atoms with E-state index in [1.165, 1.54) is 0 Å². The highest BCUT2D eigenvalue weighted by atomic mass is 79.9. The van der Waals surface area contributed by atoms with E-state index in [2.05, 4.69) is 20.9 Å². The SMILES string of the molecule is CC(N)c1cnc(-c2ccccc2Br)s1. The maximum Gasteiger partial charge on any atom is 0.124 e. The van der Waals surface area contributed by atoms with E-state index in [0.717, 1.165) is 19.9 Å². The Hall–Kier alpha value is -0.710. The van der Waals surface area contributed by atoms with E-state index >= 15 is 0 Å². The van der Waals surface area contributed by atoms with Gasteiger partial charge in [0.25, 0.3) is 0 Å². The number of nitrogens with two attached hydrogens (primary N) is 1. The monoisotopic (exact) mass is 282 g/mol. The molecule has 2 rings (SSSR count). The molecule has 0 fully saturated rings. The molecule has 0 saturated carbocycles. The van der Waals surface area contributed by atoms with Crippen LogP contribution in [0.15, 0.2) is 34.9 Å². The van der Waals surface area contributed by atoms with E-state index in [1.807, 2.05) is 37.4 Å². The molecular weight excluding hydrogens is 272 g/mol. The van der Waals surface area contributed by atoms with Gasteiger partial charge in [-0.2, -0.15) is 0 Å².